The largest absolute Gasteiger partial charge is 0.333 e. The number of hydrogen-bond donors (Lipinski definition) is 0. The zero-order valence-corrected chi connectivity index (χ0v) is 33.2. The summed E-state index contributed by atoms with van der Waals surface area (Å²) in [6, 6.07) is 69.1. The normalized spacial score (nSPS) is 16.5. The molecule has 12 rings (SSSR count). The van der Waals surface area contributed by atoms with Gasteiger partial charge in [0.25, 0.3) is 0 Å². The van der Waals surface area contributed by atoms with E-state index in [0.717, 1.165) is 24.2 Å². The summed E-state index contributed by atoms with van der Waals surface area (Å²) in [5.41, 5.74) is 15.4. The zero-order valence-electron chi connectivity index (χ0n) is 33.2. The van der Waals surface area contributed by atoms with E-state index in [2.05, 4.69) is 228 Å². The van der Waals surface area contributed by atoms with Gasteiger partial charge >= 0.3 is 0 Å². The summed E-state index contributed by atoms with van der Waals surface area (Å²) in [7, 11) is 0. The van der Waals surface area contributed by atoms with E-state index in [-0.39, 0.29) is 12.0 Å². The third-order valence-corrected chi connectivity index (χ3v) is 13.0. The van der Waals surface area contributed by atoms with Crippen LogP contribution in [0.5, 0.6) is 0 Å². The predicted octanol–water partition coefficient (Wildman–Crippen LogP) is 15.5. The quantitative estimate of drug-likeness (QED) is 0.156. The van der Waals surface area contributed by atoms with Crippen LogP contribution in [-0.2, 0) is 6.42 Å². The van der Waals surface area contributed by atoms with Crippen LogP contribution in [0.1, 0.15) is 34.6 Å². The molecule has 0 N–H and O–H groups in total. The van der Waals surface area contributed by atoms with Gasteiger partial charge in [-0.2, -0.15) is 0 Å². The Kier molecular flexibility index (Phi) is 8.16. The number of allylic oxidation sites excluding steroid dienone is 3. The van der Waals surface area contributed by atoms with Gasteiger partial charge in [-0.15, -0.1) is 0 Å². The number of hydrogen-bond acceptors (Lipinski definition) is 2. The second-order valence-electron chi connectivity index (χ2n) is 16.3. The Morgan fingerprint density at radius 2 is 1.18 bits per heavy atom. The summed E-state index contributed by atoms with van der Waals surface area (Å²) in [6.45, 7) is 0. The van der Waals surface area contributed by atoms with Crippen LogP contribution in [0, 0.1) is 0 Å². The van der Waals surface area contributed by atoms with E-state index in [4.69, 9.17) is 0 Å². The lowest BCUT2D eigenvalue weighted by Gasteiger charge is -2.32. The average molecular weight is 767 g/mol. The van der Waals surface area contributed by atoms with Crippen molar-refractivity contribution >= 4 is 72.4 Å². The number of para-hydroxylation sites is 2. The molecule has 0 radical (unpaired) electrons. The lowest BCUT2D eigenvalue weighted by atomic mass is 9.78. The van der Waals surface area contributed by atoms with Crippen molar-refractivity contribution in [1.29, 1.82) is 0 Å². The van der Waals surface area contributed by atoms with Gasteiger partial charge in [-0.1, -0.05) is 176 Å². The third kappa shape index (κ3) is 5.48. The van der Waals surface area contributed by atoms with Gasteiger partial charge in [0.2, 0.25) is 0 Å². The van der Waals surface area contributed by atoms with E-state index < -0.39 is 0 Å². The van der Waals surface area contributed by atoms with E-state index in [0.29, 0.717) is 0 Å². The zero-order chi connectivity index (χ0) is 39.6. The topological polar surface area (TPSA) is 6.48 Å². The first-order chi connectivity index (χ1) is 29.8. The Hall–Kier alpha value is -7.42. The van der Waals surface area contributed by atoms with Crippen molar-refractivity contribution < 1.29 is 0 Å². The van der Waals surface area contributed by atoms with Gasteiger partial charge in [0.05, 0.1) is 11.7 Å². The third-order valence-electron chi connectivity index (χ3n) is 13.0. The van der Waals surface area contributed by atoms with Gasteiger partial charge in [0.1, 0.15) is 0 Å². The molecule has 60 heavy (non-hydrogen) atoms. The summed E-state index contributed by atoms with van der Waals surface area (Å²) < 4.78 is 0. The SMILES string of the molecule is C1=Cc2c(c(-c3ccccc3)c3ccccc3c2C2=CC3c4ccccc4N(c4cccc(N(c5ccccc5)c5cc6ccccc6c6ccccc56)c4)C3C=C2)CC1. The molecular formula is C58H42N2. The summed E-state index contributed by atoms with van der Waals surface area (Å²) >= 11 is 0. The van der Waals surface area contributed by atoms with E-state index in [1.807, 2.05) is 0 Å². The van der Waals surface area contributed by atoms with Crippen molar-refractivity contribution in [2.75, 3.05) is 9.80 Å². The van der Waals surface area contributed by atoms with Crippen LogP contribution in [0.4, 0.5) is 28.4 Å². The molecule has 1 aliphatic heterocycles. The second kappa shape index (κ2) is 14.1. The fourth-order valence-corrected chi connectivity index (χ4v) is 10.5. The number of rotatable bonds is 6. The van der Waals surface area contributed by atoms with Crippen molar-refractivity contribution in [3.63, 3.8) is 0 Å². The van der Waals surface area contributed by atoms with Crippen molar-refractivity contribution in [2.45, 2.75) is 24.8 Å². The summed E-state index contributed by atoms with van der Waals surface area (Å²) in [5.74, 6) is 0.190. The van der Waals surface area contributed by atoms with Gasteiger partial charge in [-0.3, -0.25) is 0 Å². The Balaban J connectivity index is 0.996. The number of anilines is 5. The second-order valence-corrected chi connectivity index (χ2v) is 16.3. The smallest absolute Gasteiger partial charge is 0.0630 e. The van der Waals surface area contributed by atoms with Crippen molar-refractivity contribution in [1.82, 2.24) is 0 Å². The van der Waals surface area contributed by atoms with Gasteiger partial charge in [0.15, 0.2) is 0 Å². The molecule has 1 heterocycles. The molecule has 2 unspecified atom stereocenters. The molecule has 9 aromatic carbocycles. The minimum atomic E-state index is 0.134. The van der Waals surface area contributed by atoms with Gasteiger partial charge in [0, 0.05) is 34.1 Å². The molecule has 0 amide bonds. The molecule has 0 bridgehead atoms. The maximum absolute atomic E-state index is 2.57. The molecule has 3 aliphatic rings. The van der Waals surface area contributed by atoms with Crippen LogP contribution in [0.2, 0.25) is 0 Å². The highest BCUT2D eigenvalue weighted by molar-refractivity contribution is 6.15. The fraction of sp³-hybridized carbons (Fsp3) is 0.0690. The molecule has 2 heteroatoms. The van der Waals surface area contributed by atoms with Gasteiger partial charge < -0.3 is 9.80 Å². The molecule has 2 atom stereocenters. The van der Waals surface area contributed by atoms with Crippen LogP contribution in [0.3, 0.4) is 0 Å². The Bertz CT molecular complexity index is 3230. The lowest BCUT2D eigenvalue weighted by Crippen LogP contribution is -2.29. The lowest BCUT2D eigenvalue weighted by molar-refractivity contribution is 0.747. The molecule has 0 spiro atoms. The molecule has 9 aromatic rings. The van der Waals surface area contributed by atoms with Crippen LogP contribution < -0.4 is 9.80 Å². The Morgan fingerprint density at radius 3 is 2.02 bits per heavy atom. The first kappa shape index (κ1) is 34.6. The maximum atomic E-state index is 2.57. The highest BCUT2D eigenvalue weighted by Gasteiger charge is 2.39. The molecule has 0 saturated carbocycles. The van der Waals surface area contributed by atoms with Crippen LogP contribution in [-0.4, -0.2) is 6.04 Å². The fourth-order valence-electron chi connectivity index (χ4n) is 10.5. The summed E-state index contributed by atoms with van der Waals surface area (Å²) in [4.78, 5) is 5.01. The average Bonchev–Trinajstić information content (AvgIpc) is 3.65. The standard InChI is InChI=1S/C58H42N2/c1-3-18-39(19-4-1)57-49-29-11-13-31-51(49)58(52-32-14-12-30-50(52)57)41-34-35-55-53(36-41)48-28-15-16-33-54(48)60(55)44-24-17-23-43(38-44)59(42-21-5-2-6-22-42)56-37-40-20-7-8-25-45(40)46-26-9-10-27-47(46)56/h1-11,13-29,31-38,53,55H,12,30H2. The van der Waals surface area contributed by atoms with Crippen molar-refractivity contribution in [2.24, 2.45) is 0 Å². The molecule has 0 saturated heterocycles. The number of benzene rings is 9. The van der Waals surface area contributed by atoms with E-state index in [9.17, 15) is 0 Å². The summed E-state index contributed by atoms with van der Waals surface area (Å²) in [6.07, 6.45) is 14.3. The first-order valence-electron chi connectivity index (χ1n) is 21.2. The minimum absolute atomic E-state index is 0.134. The molecular weight excluding hydrogens is 725 g/mol. The Morgan fingerprint density at radius 1 is 0.517 bits per heavy atom. The minimum Gasteiger partial charge on any atom is -0.333 e. The van der Waals surface area contributed by atoms with E-state index in [1.54, 1.807) is 0 Å². The molecule has 284 valence electrons. The predicted molar refractivity (Wildman–Crippen MR) is 255 cm³/mol. The van der Waals surface area contributed by atoms with Crippen molar-refractivity contribution in [3.8, 4) is 11.1 Å². The molecule has 2 nitrogen and oxygen atoms in total. The van der Waals surface area contributed by atoms with Crippen LogP contribution >= 0.6 is 0 Å². The van der Waals surface area contributed by atoms with Crippen LogP contribution in [0.15, 0.2) is 212 Å². The van der Waals surface area contributed by atoms with Crippen molar-refractivity contribution in [3.05, 3.63) is 235 Å². The van der Waals surface area contributed by atoms with E-state index >= 15 is 0 Å². The molecule has 0 fully saturated rings. The van der Waals surface area contributed by atoms with E-state index in [1.165, 1.54) is 88.3 Å². The monoisotopic (exact) mass is 766 g/mol. The maximum Gasteiger partial charge on any atom is 0.0630 e. The Labute approximate surface area is 351 Å². The van der Waals surface area contributed by atoms with Crippen LogP contribution in [0.25, 0.3) is 55.1 Å². The highest BCUT2D eigenvalue weighted by atomic mass is 15.2. The molecule has 0 aromatic heterocycles. The summed E-state index contributed by atoms with van der Waals surface area (Å²) in [5, 5.41) is 7.63. The molecule has 2 aliphatic carbocycles. The number of fused-ring (bicyclic) bond motifs is 8. The number of nitrogens with zero attached hydrogens (tertiary/aromatic N) is 2. The highest BCUT2D eigenvalue weighted by Crippen LogP contribution is 2.52. The van der Waals surface area contributed by atoms with Gasteiger partial charge in [-0.25, -0.2) is 0 Å². The van der Waals surface area contributed by atoms with Gasteiger partial charge in [-0.05, 0) is 121 Å². The first-order valence-corrected chi connectivity index (χ1v) is 21.2.